The molecule has 128 valence electrons. The molecule has 0 atom stereocenters. The largest absolute Gasteiger partial charge is 0.350 e. The van der Waals surface area contributed by atoms with Gasteiger partial charge in [-0.15, -0.1) is 5.10 Å². The van der Waals surface area contributed by atoms with Crippen molar-refractivity contribution in [1.82, 2.24) is 20.3 Å². The number of amides is 1. The molecular weight excluding hydrogens is 336 g/mol. The van der Waals surface area contributed by atoms with Crippen LogP contribution < -0.4 is 5.32 Å². The van der Waals surface area contributed by atoms with Gasteiger partial charge in [-0.05, 0) is 48.2 Å². The Balaban J connectivity index is 1.57. The van der Waals surface area contributed by atoms with Crippen molar-refractivity contribution in [3.05, 3.63) is 76.6 Å². The van der Waals surface area contributed by atoms with E-state index in [0.717, 1.165) is 24.1 Å². The number of halogens is 1. The Morgan fingerprint density at radius 3 is 2.44 bits per heavy atom. The molecule has 0 aliphatic rings. The van der Waals surface area contributed by atoms with Crippen molar-refractivity contribution >= 4 is 17.5 Å². The van der Waals surface area contributed by atoms with Gasteiger partial charge in [0.2, 0.25) is 0 Å². The minimum Gasteiger partial charge on any atom is -0.350 e. The maximum absolute atomic E-state index is 12.2. The quantitative estimate of drug-likeness (QED) is 0.737. The molecule has 5 nitrogen and oxygen atoms in total. The second-order valence-electron chi connectivity index (χ2n) is 5.70. The fraction of sp³-hybridized carbons (Fsp3) is 0.211. The number of aryl methyl sites for hydroxylation is 1. The summed E-state index contributed by atoms with van der Waals surface area (Å²) in [5.41, 5.74) is 3.55. The van der Waals surface area contributed by atoms with E-state index in [1.807, 2.05) is 48.5 Å². The van der Waals surface area contributed by atoms with E-state index in [1.165, 1.54) is 5.56 Å². The number of nitrogens with one attached hydrogen (secondary N) is 1. The van der Waals surface area contributed by atoms with Crippen molar-refractivity contribution in [2.75, 3.05) is 6.54 Å². The molecule has 3 rings (SSSR count). The lowest BCUT2D eigenvalue weighted by molar-refractivity contribution is 0.0949. The molecule has 0 fully saturated rings. The Morgan fingerprint density at radius 1 is 1.08 bits per heavy atom. The molecule has 0 saturated heterocycles. The maximum atomic E-state index is 12.2. The molecule has 3 aromatic rings. The Labute approximate surface area is 151 Å². The van der Waals surface area contributed by atoms with E-state index >= 15 is 0 Å². The van der Waals surface area contributed by atoms with Gasteiger partial charge in [0.15, 0.2) is 5.69 Å². The summed E-state index contributed by atoms with van der Waals surface area (Å²) in [6, 6.07) is 15.6. The first-order valence-corrected chi connectivity index (χ1v) is 8.58. The zero-order valence-electron chi connectivity index (χ0n) is 13.9. The van der Waals surface area contributed by atoms with E-state index in [2.05, 4.69) is 22.6 Å². The van der Waals surface area contributed by atoms with Crippen molar-refractivity contribution < 1.29 is 4.79 Å². The highest BCUT2D eigenvalue weighted by Gasteiger charge is 2.11. The van der Waals surface area contributed by atoms with E-state index in [1.54, 1.807) is 10.9 Å². The molecule has 0 spiro atoms. The number of nitrogens with zero attached hydrogens (tertiary/aromatic N) is 3. The molecule has 0 radical (unpaired) electrons. The standard InChI is InChI=1S/C19H19ClN4O/c1-2-14-5-9-17(10-6-14)24-13-18(22-23-24)19(25)21-12-11-15-3-7-16(20)8-4-15/h3-10,13H,2,11-12H2,1H3,(H,21,25). The summed E-state index contributed by atoms with van der Waals surface area (Å²) in [6.45, 7) is 2.63. The average Bonchev–Trinajstić information content (AvgIpc) is 3.13. The first kappa shape index (κ1) is 17.2. The Hall–Kier alpha value is -2.66. The molecule has 0 aliphatic carbocycles. The number of carbonyl (C=O) groups is 1. The zero-order chi connectivity index (χ0) is 17.6. The normalized spacial score (nSPS) is 10.6. The fourth-order valence-corrected chi connectivity index (χ4v) is 2.57. The lowest BCUT2D eigenvalue weighted by atomic mass is 10.1. The van der Waals surface area contributed by atoms with Crippen molar-refractivity contribution in [3.63, 3.8) is 0 Å². The van der Waals surface area contributed by atoms with Crippen LogP contribution >= 0.6 is 11.6 Å². The average molecular weight is 355 g/mol. The van der Waals surface area contributed by atoms with E-state index < -0.39 is 0 Å². The number of hydrogen-bond acceptors (Lipinski definition) is 3. The predicted molar refractivity (Wildman–Crippen MR) is 98.2 cm³/mol. The Morgan fingerprint density at radius 2 is 1.76 bits per heavy atom. The maximum Gasteiger partial charge on any atom is 0.273 e. The highest BCUT2D eigenvalue weighted by molar-refractivity contribution is 6.30. The summed E-state index contributed by atoms with van der Waals surface area (Å²) in [4.78, 5) is 12.2. The Bertz CT molecular complexity index is 841. The number of carbonyl (C=O) groups excluding carboxylic acids is 1. The minimum absolute atomic E-state index is 0.231. The smallest absolute Gasteiger partial charge is 0.273 e. The predicted octanol–water partition coefficient (Wildman–Crippen LogP) is 3.46. The first-order chi connectivity index (χ1) is 12.2. The first-order valence-electron chi connectivity index (χ1n) is 8.20. The van der Waals surface area contributed by atoms with Crippen LogP contribution in [-0.4, -0.2) is 27.4 Å². The summed E-state index contributed by atoms with van der Waals surface area (Å²) in [6.07, 6.45) is 3.35. The van der Waals surface area contributed by atoms with Gasteiger partial charge in [-0.3, -0.25) is 4.79 Å². The molecule has 0 unspecified atom stereocenters. The van der Waals surface area contributed by atoms with Crippen LogP contribution in [0.25, 0.3) is 5.69 Å². The van der Waals surface area contributed by atoms with E-state index in [4.69, 9.17) is 11.6 Å². The van der Waals surface area contributed by atoms with Crippen molar-refractivity contribution in [2.45, 2.75) is 19.8 Å². The summed E-state index contributed by atoms with van der Waals surface area (Å²) in [5, 5.41) is 11.5. The number of benzene rings is 2. The number of hydrogen-bond donors (Lipinski definition) is 1. The second kappa shape index (κ2) is 7.94. The molecule has 25 heavy (non-hydrogen) atoms. The molecule has 1 N–H and O–H groups in total. The number of aromatic nitrogens is 3. The van der Waals surface area contributed by atoms with E-state index in [-0.39, 0.29) is 5.91 Å². The summed E-state index contributed by atoms with van der Waals surface area (Å²) in [7, 11) is 0. The Kier molecular flexibility index (Phi) is 5.46. The summed E-state index contributed by atoms with van der Waals surface area (Å²) < 4.78 is 1.60. The third kappa shape index (κ3) is 4.45. The fourth-order valence-electron chi connectivity index (χ4n) is 2.44. The lowest BCUT2D eigenvalue weighted by Crippen LogP contribution is -2.26. The van der Waals surface area contributed by atoms with Gasteiger partial charge in [0.05, 0.1) is 11.9 Å². The topological polar surface area (TPSA) is 59.8 Å². The van der Waals surface area contributed by atoms with Gasteiger partial charge in [-0.1, -0.05) is 48.0 Å². The SMILES string of the molecule is CCc1ccc(-n2cc(C(=O)NCCc3ccc(Cl)cc3)nn2)cc1. The summed E-state index contributed by atoms with van der Waals surface area (Å²) in [5.74, 6) is -0.231. The van der Waals surface area contributed by atoms with Crippen LogP contribution in [0.2, 0.25) is 5.02 Å². The molecule has 1 aromatic heterocycles. The molecule has 1 heterocycles. The van der Waals surface area contributed by atoms with E-state index in [9.17, 15) is 4.79 Å². The van der Waals surface area contributed by atoms with Crippen LogP contribution in [0.15, 0.2) is 54.7 Å². The van der Waals surface area contributed by atoms with Crippen molar-refractivity contribution in [1.29, 1.82) is 0 Å². The van der Waals surface area contributed by atoms with Crippen LogP contribution in [-0.2, 0) is 12.8 Å². The molecule has 0 aliphatic heterocycles. The molecule has 6 heteroatoms. The molecule has 0 bridgehead atoms. The third-order valence-corrected chi connectivity index (χ3v) is 4.20. The van der Waals surface area contributed by atoms with Crippen LogP contribution in [0.4, 0.5) is 0 Å². The second-order valence-corrected chi connectivity index (χ2v) is 6.14. The van der Waals surface area contributed by atoms with Gasteiger partial charge >= 0.3 is 0 Å². The van der Waals surface area contributed by atoms with Gasteiger partial charge in [0.1, 0.15) is 0 Å². The highest BCUT2D eigenvalue weighted by atomic mass is 35.5. The van der Waals surface area contributed by atoms with Crippen LogP contribution in [0, 0.1) is 0 Å². The van der Waals surface area contributed by atoms with Gasteiger partial charge < -0.3 is 5.32 Å². The van der Waals surface area contributed by atoms with Crippen molar-refractivity contribution in [3.8, 4) is 5.69 Å². The van der Waals surface area contributed by atoms with Crippen LogP contribution in [0.5, 0.6) is 0 Å². The van der Waals surface area contributed by atoms with Gasteiger partial charge in [-0.25, -0.2) is 4.68 Å². The lowest BCUT2D eigenvalue weighted by Gasteiger charge is -2.03. The van der Waals surface area contributed by atoms with E-state index in [0.29, 0.717) is 17.3 Å². The minimum atomic E-state index is -0.231. The monoisotopic (exact) mass is 354 g/mol. The summed E-state index contributed by atoms with van der Waals surface area (Å²) >= 11 is 5.86. The van der Waals surface area contributed by atoms with Gasteiger partial charge in [0, 0.05) is 11.6 Å². The van der Waals surface area contributed by atoms with Crippen molar-refractivity contribution in [2.24, 2.45) is 0 Å². The van der Waals surface area contributed by atoms with Crippen LogP contribution in [0.3, 0.4) is 0 Å². The number of rotatable bonds is 6. The molecule has 2 aromatic carbocycles. The molecule has 1 amide bonds. The molecular formula is C19H19ClN4O. The van der Waals surface area contributed by atoms with Gasteiger partial charge in [0.25, 0.3) is 5.91 Å². The molecule has 0 saturated carbocycles. The zero-order valence-corrected chi connectivity index (χ0v) is 14.7. The highest BCUT2D eigenvalue weighted by Crippen LogP contribution is 2.11. The van der Waals surface area contributed by atoms with Crippen LogP contribution in [0.1, 0.15) is 28.5 Å². The van der Waals surface area contributed by atoms with Gasteiger partial charge in [-0.2, -0.15) is 0 Å². The third-order valence-electron chi connectivity index (χ3n) is 3.95.